The van der Waals surface area contributed by atoms with Crippen molar-refractivity contribution in [2.75, 3.05) is 18.5 Å². The van der Waals surface area contributed by atoms with Crippen LogP contribution in [0.4, 0.5) is 5.69 Å². The van der Waals surface area contributed by atoms with Crippen molar-refractivity contribution in [3.05, 3.63) is 78.9 Å². The maximum atomic E-state index is 12.1. The van der Waals surface area contributed by atoms with Gasteiger partial charge in [0.25, 0.3) is 0 Å². The number of rotatable bonds is 5. The fourth-order valence-corrected chi connectivity index (χ4v) is 2.87. The van der Waals surface area contributed by atoms with Crippen LogP contribution in [-0.2, 0) is 9.59 Å². The monoisotopic (exact) mass is 404 g/mol. The van der Waals surface area contributed by atoms with Crippen molar-refractivity contribution < 1.29 is 23.8 Å². The largest absolute Gasteiger partial charge is 0.486 e. The first-order valence-electron chi connectivity index (χ1n) is 9.48. The molecule has 152 valence electrons. The van der Waals surface area contributed by atoms with Crippen LogP contribution >= 0.6 is 0 Å². The maximum Gasteiger partial charge on any atom is 0.313 e. The number of benzene rings is 3. The number of nitrogens with one attached hydrogen (secondary N) is 2. The van der Waals surface area contributed by atoms with Gasteiger partial charge < -0.3 is 24.8 Å². The third kappa shape index (κ3) is 4.88. The molecule has 7 heteroatoms. The van der Waals surface area contributed by atoms with Crippen molar-refractivity contribution in [1.82, 2.24) is 5.32 Å². The van der Waals surface area contributed by atoms with E-state index in [9.17, 15) is 9.59 Å². The second-order valence-corrected chi connectivity index (χ2v) is 6.60. The molecule has 0 aliphatic carbocycles. The number of amides is 2. The summed E-state index contributed by atoms with van der Waals surface area (Å²) in [5.41, 5.74) is 0.488. The van der Waals surface area contributed by atoms with Gasteiger partial charge in [-0.05, 0) is 48.5 Å². The van der Waals surface area contributed by atoms with Crippen LogP contribution in [0.25, 0.3) is 0 Å². The van der Waals surface area contributed by atoms with Crippen LogP contribution in [0.1, 0.15) is 0 Å². The highest BCUT2D eigenvalue weighted by Gasteiger charge is 2.22. The van der Waals surface area contributed by atoms with Crippen LogP contribution in [0.3, 0.4) is 0 Å². The van der Waals surface area contributed by atoms with E-state index < -0.39 is 11.8 Å². The summed E-state index contributed by atoms with van der Waals surface area (Å²) in [7, 11) is 0. The van der Waals surface area contributed by atoms with Crippen molar-refractivity contribution in [2.45, 2.75) is 6.10 Å². The van der Waals surface area contributed by atoms with E-state index in [4.69, 9.17) is 14.2 Å². The molecule has 3 aromatic rings. The van der Waals surface area contributed by atoms with Crippen LogP contribution < -0.4 is 24.8 Å². The van der Waals surface area contributed by atoms with Crippen LogP contribution in [-0.4, -0.2) is 31.1 Å². The van der Waals surface area contributed by atoms with Crippen molar-refractivity contribution in [1.29, 1.82) is 0 Å². The van der Waals surface area contributed by atoms with Gasteiger partial charge in [-0.1, -0.05) is 30.3 Å². The van der Waals surface area contributed by atoms with Gasteiger partial charge in [0.15, 0.2) is 11.5 Å². The summed E-state index contributed by atoms with van der Waals surface area (Å²) in [6.45, 7) is 0.451. The van der Waals surface area contributed by atoms with Gasteiger partial charge in [0.2, 0.25) is 0 Å². The second-order valence-electron chi connectivity index (χ2n) is 6.60. The smallest absolute Gasteiger partial charge is 0.313 e. The third-order valence-corrected chi connectivity index (χ3v) is 4.36. The van der Waals surface area contributed by atoms with Gasteiger partial charge in [-0.3, -0.25) is 9.59 Å². The first-order valence-corrected chi connectivity index (χ1v) is 9.48. The van der Waals surface area contributed by atoms with Crippen molar-refractivity contribution in [2.24, 2.45) is 0 Å². The fraction of sp³-hybridized carbons (Fsp3) is 0.130. The highest BCUT2D eigenvalue weighted by Crippen LogP contribution is 2.30. The van der Waals surface area contributed by atoms with E-state index in [0.29, 0.717) is 35.3 Å². The van der Waals surface area contributed by atoms with Gasteiger partial charge >= 0.3 is 11.8 Å². The summed E-state index contributed by atoms with van der Waals surface area (Å²) < 4.78 is 17.0. The van der Waals surface area contributed by atoms with E-state index in [1.165, 1.54) is 0 Å². The first kappa shape index (κ1) is 19.3. The Bertz CT molecular complexity index is 1020. The average molecular weight is 404 g/mol. The number of carbonyl (C=O) groups is 2. The molecule has 4 rings (SSSR count). The quantitative estimate of drug-likeness (QED) is 0.637. The molecule has 0 bridgehead atoms. The molecule has 0 spiro atoms. The second kappa shape index (κ2) is 9.00. The Balaban J connectivity index is 1.25. The summed E-state index contributed by atoms with van der Waals surface area (Å²) in [4.78, 5) is 24.2. The van der Waals surface area contributed by atoms with Crippen LogP contribution in [0.2, 0.25) is 0 Å². The normalized spacial score (nSPS) is 14.5. The van der Waals surface area contributed by atoms with E-state index in [2.05, 4.69) is 10.6 Å². The van der Waals surface area contributed by atoms with E-state index in [-0.39, 0.29) is 12.6 Å². The number of carbonyl (C=O) groups excluding carboxylic acids is 2. The predicted molar refractivity (Wildman–Crippen MR) is 111 cm³/mol. The van der Waals surface area contributed by atoms with Gasteiger partial charge in [0.1, 0.15) is 24.2 Å². The molecule has 0 fully saturated rings. The molecule has 1 unspecified atom stereocenters. The van der Waals surface area contributed by atoms with Gasteiger partial charge in [-0.25, -0.2) is 0 Å². The maximum absolute atomic E-state index is 12.1. The van der Waals surface area contributed by atoms with Crippen LogP contribution in [0, 0.1) is 0 Å². The molecule has 0 radical (unpaired) electrons. The molecular formula is C23H20N2O5. The minimum Gasteiger partial charge on any atom is -0.486 e. The molecule has 1 aliphatic heterocycles. The molecule has 30 heavy (non-hydrogen) atoms. The average Bonchev–Trinajstić information content (AvgIpc) is 2.79. The van der Waals surface area contributed by atoms with Crippen molar-refractivity contribution in [3.8, 4) is 23.0 Å². The van der Waals surface area contributed by atoms with Gasteiger partial charge in [0.05, 0.1) is 6.54 Å². The number of ether oxygens (including phenoxy) is 3. The number of fused-ring (bicyclic) bond motifs is 1. The molecule has 7 nitrogen and oxygen atoms in total. The van der Waals surface area contributed by atoms with E-state index in [0.717, 1.165) is 0 Å². The Morgan fingerprint density at radius 2 is 1.50 bits per heavy atom. The molecule has 0 saturated heterocycles. The van der Waals surface area contributed by atoms with Gasteiger partial charge in [-0.15, -0.1) is 0 Å². The van der Waals surface area contributed by atoms with Gasteiger partial charge in [0, 0.05) is 5.69 Å². The summed E-state index contributed by atoms with van der Waals surface area (Å²) >= 11 is 0. The lowest BCUT2D eigenvalue weighted by atomic mass is 10.2. The Morgan fingerprint density at radius 3 is 2.27 bits per heavy atom. The SMILES string of the molecule is O=C(NCC1COc2ccccc2O1)C(=O)Nc1ccc(Oc2ccccc2)cc1. The molecular weight excluding hydrogens is 384 g/mol. The third-order valence-electron chi connectivity index (χ3n) is 4.36. The van der Waals surface area contributed by atoms with Crippen molar-refractivity contribution >= 4 is 17.5 Å². The van der Waals surface area contributed by atoms with Crippen LogP contribution in [0.15, 0.2) is 78.9 Å². The molecule has 2 amide bonds. The standard InChI is InChI=1S/C23H20N2O5/c26-22(24-14-19-15-28-20-8-4-5-9-21(20)30-19)23(27)25-16-10-12-18(13-11-16)29-17-6-2-1-3-7-17/h1-13,19H,14-15H2,(H,24,26)(H,25,27). The lowest BCUT2D eigenvalue weighted by Crippen LogP contribution is -2.44. The Labute approximate surface area is 173 Å². The molecule has 2 N–H and O–H groups in total. The summed E-state index contributed by atoms with van der Waals surface area (Å²) in [6.07, 6.45) is -0.369. The highest BCUT2D eigenvalue weighted by atomic mass is 16.6. The minimum absolute atomic E-state index is 0.157. The number of anilines is 1. The minimum atomic E-state index is -0.760. The lowest BCUT2D eigenvalue weighted by molar-refractivity contribution is -0.136. The first-order chi connectivity index (χ1) is 14.7. The molecule has 1 aliphatic rings. The predicted octanol–water partition coefficient (Wildman–Crippen LogP) is 3.37. The van der Waals surface area contributed by atoms with Gasteiger partial charge in [-0.2, -0.15) is 0 Å². The van der Waals surface area contributed by atoms with E-state index >= 15 is 0 Å². The summed E-state index contributed by atoms with van der Waals surface area (Å²) in [5.74, 6) is 1.11. The molecule has 1 heterocycles. The molecule has 3 aromatic carbocycles. The van der Waals surface area contributed by atoms with Crippen LogP contribution in [0.5, 0.6) is 23.0 Å². The van der Waals surface area contributed by atoms with Crippen molar-refractivity contribution in [3.63, 3.8) is 0 Å². The fourth-order valence-electron chi connectivity index (χ4n) is 2.87. The topological polar surface area (TPSA) is 85.9 Å². The van der Waals surface area contributed by atoms with E-state index in [1.807, 2.05) is 48.5 Å². The zero-order valence-electron chi connectivity index (χ0n) is 16.0. The molecule has 1 atom stereocenters. The zero-order valence-corrected chi connectivity index (χ0v) is 16.0. The number of hydrogen-bond donors (Lipinski definition) is 2. The number of para-hydroxylation sites is 3. The Morgan fingerprint density at radius 1 is 0.833 bits per heavy atom. The molecule has 0 aromatic heterocycles. The highest BCUT2D eigenvalue weighted by molar-refractivity contribution is 6.39. The van der Waals surface area contributed by atoms with E-state index in [1.54, 1.807) is 30.3 Å². The summed E-state index contributed by atoms with van der Waals surface area (Å²) in [5, 5.41) is 5.12. The molecule has 0 saturated carbocycles. The number of hydrogen-bond acceptors (Lipinski definition) is 5. The zero-order chi connectivity index (χ0) is 20.8. The Hall–Kier alpha value is -4.00. The summed E-state index contributed by atoms with van der Waals surface area (Å²) in [6, 6.07) is 23.4. The lowest BCUT2D eigenvalue weighted by Gasteiger charge is -2.26. The Kier molecular flexibility index (Phi) is 5.80.